The van der Waals surface area contributed by atoms with Crippen molar-refractivity contribution in [2.45, 2.75) is 11.9 Å². The molecular formula is C13H16ClNO3. The second-order valence-electron chi connectivity index (χ2n) is 4.24. The Morgan fingerprint density at radius 3 is 2.78 bits per heavy atom. The Kier molecular flexibility index (Phi) is 4.58. The van der Waals surface area contributed by atoms with E-state index >= 15 is 0 Å². The highest BCUT2D eigenvalue weighted by Gasteiger charge is 2.27. The Morgan fingerprint density at radius 2 is 2.17 bits per heavy atom. The van der Waals surface area contributed by atoms with E-state index in [2.05, 4.69) is 0 Å². The molecule has 4 nitrogen and oxygen atoms in total. The maximum Gasteiger partial charge on any atom is 0.254 e. The van der Waals surface area contributed by atoms with Crippen LogP contribution in [0.3, 0.4) is 0 Å². The average Bonchev–Trinajstić information content (AvgIpc) is 2.46. The Labute approximate surface area is 111 Å². The first-order valence-electron chi connectivity index (χ1n) is 5.90. The second-order valence-corrected chi connectivity index (χ2v) is 4.51. The maximum absolute atomic E-state index is 12.3. The molecule has 1 aromatic rings. The van der Waals surface area contributed by atoms with Gasteiger partial charge in [0.1, 0.15) is 0 Å². The predicted octanol–water partition coefficient (Wildman–Crippen LogP) is 1.26. The number of rotatable bonds is 3. The van der Waals surface area contributed by atoms with Crippen LogP contribution in [-0.2, 0) is 10.6 Å². The quantitative estimate of drug-likeness (QED) is 0.841. The SMILES string of the molecule is O=C(c1ccc(CCl)cc1)N1CCOCC1CO. The number of alkyl halides is 1. The Bertz CT molecular complexity index is 407. The van der Waals surface area contributed by atoms with Gasteiger partial charge in [-0.05, 0) is 17.7 Å². The van der Waals surface area contributed by atoms with Gasteiger partial charge in [0, 0.05) is 18.0 Å². The van der Waals surface area contributed by atoms with E-state index in [4.69, 9.17) is 16.3 Å². The third-order valence-electron chi connectivity index (χ3n) is 3.05. The first-order chi connectivity index (χ1) is 8.76. The maximum atomic E-state index is 12.3. The molecule has 1 heterocycles. The van der Waals surface area contributed by atoms with Crippen molar-refractivity contribution in [1.82, 2.24) is 4.90 Å². The van der Waals surface area contributed by atoms with E-state index in [9.17, 15) is 9.90 Å². The number of aliphatic hydroxyl groups is 1. The monoisotopic (exact) mass is 269 g/mol. The Balaban J connectivity index is 2.13. The van der Waals surface area contributed by atoms with Gasteiger partial charge in [0.15, 0.2) is 0 Å². The van der Waals surface area contributed by atoms with Crippen molar-refractivity contribution in [3.8, 4) is 0 Å². The molecule has 2 rings (SSSR count). The van der Waals surface area contributed by atoms with Crippen LogP contribution in [0.5, 0.6) is 0 Å². The summed E-state index contributed by atoms with van der Waals surface area (Å²) in [6, 6.07) is 6.97. The van der Waals surface area contributed by atoms with Crippen molar-refractivity contribution in [3.63, 3.8) is 0 Å². The van der Waals surface area contributed by atoms with Crippen LogP contribution in [0.1, 0.15) is 15.9 Å². The van der Waals surface area contributed by atoms with Crippen LogP contribution in [0.15, 0.2) is 24.3 Å². The van der Waals surface area contributed by atoms with Gasteiger partial charge in [0.25, 0.3) is 5.91 Å². The number of hydrogen-bond acceptors (Lipinski definition) is 3. The summed E-state index contributed by atoms with van der Waals surface area (Å²) >= 11 is 5.71. The van der Waals surface area contributed by atoms with Gasteiger partial charge in [-0.1, -0.05) is 12.1 Å². The minimum atomic E-state index is -0.251. The van der Waals surface area contributed by atoms with Crippen molar-refractivity contribution < 1.29 is 14.6 Å². The summed E-state index contributed by atoms with van der Waals surface area (Å²) in [5.74, 6) is 0.365. The molecule has 98 valence electrons. The molecule has 1 saturated heterocycles. The molecule has 1 atom stereocenters. The lowest BCUT2D eigenvalue weighted by molar-refractivity contribution is -0.0183. The summed E-state index contributed by atoms with van der Waals surface area (Å²) in [6.07, 6.45) is 0. The zero-order valence-electron chi connectivity index (χ0n) is 10.0. The van der Waals surface area contributed by atoms with E-state index in [0.717, 1.165) is 5.56 Å². The summed E-state index contributed by atoms with van der Waals surface area (Å²) in [6.45, 7) is 1.34. The fourth-order valence-corrected chi connectivity index (χ4v) is 2.15. The molecule has 1 amide bonds. The lowest BCUT2D eigenvalue weighted by Crippen LogP contribution is -2.50. The zero-order chi connectivity index (χ0) is 13.0. The smallest absolute Gasteiger partial charge is 0.254 e. The molecule has 0 radical (unpaired) electrons. The molecule has 1 aliphatic heterocycles. The molecule has 1 aliphatic rings. The fraction of sp³-hybridized carbons (Fsp3) is 0.462. The van der Waals surface area contributed by atoms with Crippen LogP contribution in [-0.4, -0.2) is 48.3 Å². The number of aliphatic hydroxyl groups excluding tert-OH is 1. The van der Waals surface area contributed by atoms with E-state index in [1.54, 1.807) is 17.0 Å². The van der Waals surface area contributed by atoms with E-state index in [-0.39, 0.29) is 18.6 Å². The summed E-state index contributed by atoms with van der Waals surface area (Å²) < 4.78 is 5.25. The van der Waals surface area contributed by atoms with Gasteiger partial charge >= 0.3 is 0 Å². The highest BCUT2D eigenvalue weighted by molar-refractivity contribution is 6.17. The number of halogens is 1. The van der Waals surface area contributed by atoms with E-state index < -0.39 is 0 Å². The number of carbonyl (C=O) groups excluding carboxylic acids is 1. The second kappa shape index (κ2) is 6.18. The van der Waals surface area contributed by atoms with Crippen LogP contribution >= 0.6 is 11.6 Å². The normalized spacial score (nSPS) is 19.9. The average molecular weight is 270 g/mol. The van der Waals surface area contributed by atoms with Crippen molar-refractivity contribution in [3.05, 3.63) is 35.4 Å². The lowest BCUT2D eigenvalue weighted by Gasteiger charge is -2.34. The van der Waals surface area contributed by atoms with Gasteiger partial charge in [-0.2, -0.15) is 0 Å². The number of morpholine rings is 1. The highest BCUT2D eigenvalue weighted by Crippen LogP contribution is 2.14. The third-order valence-corrected chi connectivity index (χ3v) is 3.36. The van der Waals surface area contributed by atoms with E-state index in [0.29, 0.717) is 31.2 Å². The topological polar surface area (TPSA) is 49.8 Å². The van der Waals surface area contributed by atoms with Crippen molar-refractivity contribution >= 4 is 17.5 Å². The number of nitrogens with zero attached hydrogens (tertiary/aromatic N) is 1. The number of carbonyl (C=O) groups is 1. The van der Waals surface area contributed by atoms with Crippen LogP contribution in [0.2, 0.25) is 0 Å². The van der Waals surface area contributed by atoms with Gasteiger partial charge in [0.2, 0.25) is 0 Å². The van der Waals surface area contributed by atoms with Gasteiger partial charge in [0.05, 0.1) is 25.9 Å². The molecule has 1 fully saturated rings. The highest BCUT2D eigenvalue weighted by atomic mass is 35.5. The molecule has 5 heteroatoms. The summed E-state index contributed by atoms with van der Waals surface area (Å²) in [4.78, 5) is 14.0. The predicted molar refractivity (Wildman–Crippen MR) is 68.7 cm³/mol. The molecule has 0 saturated carbocycles. The summed E-state index contributed by atoms with van der Waals surface area (Å²) in [5.41, 5.74) is 1.60. The van der Waals surface area contributed by atoms with Crippen LogP contribution in [0.25, 0.3) is 0 Å². The van der Waals surface area contributed by atoms with Gasteiger partial charge in [-0.15, -0.1) is 11.6 Å². The van der Waals surface area contributed by atoms with E-state index in [1.165, 1.54) is 0 Å². The number of benzene rings is 1. The van der Waals surface area contributed by atoms with E-state index in [1.807, 2.05) is 12.1 Å². The van der Waals surface area contributed by atoms with Gasteiger partial charge in [-0.3, -0.25) is 4.79 Å². The first kappa shape index (κ1) is 13.3. The molecule has 0 spiro atoms. The molecule has 1 unspecified atom stereocenters. The Morgan fingerprint density at radius 1 is 1.44 bits per heavy atom. The third kappa shape index (κ3) is 2.83. The number of amides is 1. The molecule has 18 heavy (non-hydrogen) atoms. The van der Waals surface area contributed by atoms with Gasteiger partial charge in [-0.25, -0.2) is 0 Å². The van der Waals surface area contributed by atoms with Crippen LogP contribution < -0.4 is 0 Å². The van der Waals surface area contributed by atoms with Crippen molar-refractivity contribution in [2.75, 3.05) is 26.4 Å². The standard InChI is InChI=1S/C13H16ClNO3/c14-7-10-1-3-11(4-2-10)13(17)15-5-6-18-9-12(15)8-16/h1-4,12,16H,5-9H2. The molecule has 1 N–H and O–H groups in total. The number of hydrogen-bond donors (Lipinski definition) is 1. The van der Waals surface area contributed by atoms with Gasteiger partial charge < -0.3 is 14.7 Å². The van der Waals surface area contributed by atoms with Crippen molar-refractivity contribution in [2.24, 2.45) is 0 Å². The fourth-order valence-electron chi connectivity index (χ4n) is 1.98. The minimum absolute atomic E-state index is 0.0709. The molecule has 0 aliphatic carbocycles. The number of ether oxygens (including phenoxy) is 1. The van der Waals surface area contributed by atoms with Crippen LogP contribution in [0.4, 0.5) is 0 Å². The summed E-state index contributed by atoms with van der Waals surface area (Å²) in [5, 5.41) is 9.25. The van der Waals surface area contributed by atoms with Crippen LogP contribution in [0, 0.1) is 0 Å². The minimum Gasteiger partial charge on any atom is -0.394 e. The largest absolute Gasteiger partial charge is 0.394 e. The molecule has 0 bridgehead atoms. The summed E-state index contributed by atoms with van der Waals surface area (Å²) in [7, 11) is 0. The first-order valence-corrected chi connectivity index (χ1v) is 6.44. The lowest BCUT2D eigenvalue weighted by atomic mass is 10.1. The van der Waals surface area contributed by atoms with Crippen molar-refractivity contribution in [1.29, 1.82) is 0 Å². The molecular weight excluding hydrogens is 254 g/mol. The molecule has 1 aromatic carbocycles. The molecule has 0 aromatic heterocycles. The zero-order valence-corrected chi connectivity index (χ0v) is 10.8. The Hall–Kier alpha value is -1.10.